The van der Waals surface area contributed by atoms with E-state index in [-0.39, 0.29) is 31.8 Å². The zero-order chi connectivity index (χ0) is 19.7. The van der Waals surface area contributed by atoms with Crippen molar-refractivity contribution < 1.29 is 18.3 Å². The summed E-state index contributed by atoms with van der Waals surface area (Å²) in [5, 5.41) is 1.01. The Labute approximate surface area is 167 Å². The molecule has 2 fully saturated rings. The van der Waals surface area contributed by atoms with Gasteiger partial charge in [0.15, 0.2) is 5.13 Å². The van der Waals surface area contributed by atoms with Crippen LogP contribution in [0.4, 0.5) is 13.9 Å². The Kier molecular flexibility index (Phi) is 5.40. The van der Waals surface area contributed by atoms with Gasteiger partial charge < -0.3 is 14.5 Å². The Morgan fingerprint density at radius 2 is 1.96 bits per heavy atom. The number of carbonyl (C=O) groups excluding carboxylic acids is 1. The van der Waals surface area contributed by atoms with Gasteiger partial charge in [0, 0.05) is 51.5 Å². The Bertz CT molecular complexity index is 839. The summed E-state index contributed by atoms with van der Waals surface area (Å²) in [7, 11) is 1.65. The third-order valence-electron chi connectivity index (χ3n) is 5.78. The molecule has 0 atom stereocenters. The standard InChI is InChI=1S/C20H25F2N3O2S/c1-27-15-2-3-17-16(13-15)23-19(28-17)25-8-4-14(5-9-25)12-18(26)24-10-6-20(21,22)7-11-24/h2-3,13-14H,4-12H2,1H3. The van der Waals surface area contributed by atoms with Gasteiger partial charge in [-0.15, -0.1) is 0 Å². The van der Waals surface area contributed by atoms with Crippen LogP contribution in [0.5, 0.6) is 5.75 Å². The van der Waals surface area contributed by atoms with Crippen LogP contribution in [0.3, 0.4) is 0 Å². The van der Waals surface area contributed by atoms with E-state index in [4.69, 9.17) is 9.72 Å². The summed E-state index contributed by atoms with van der Waals surface area (Å²) in [6.07, 6.45) is 1.90. The molecule has 0 N–H and O–H groups in total. The second-order valence-corrected chi connectivity index (χ2v) is 8.71. The van der Waals surface area contributed by atoms with Gasteiger partial charge in [-0.3, -0.25) is 4.79 Å². The fourth-order valence-corrected chi connectivity index (χ4v) is 4.94. The highest BCUT2D eigenvalue weighted by atomic mass is 32.1. The number of methoxy groups -OCH3 is 1. The highest BCUT2D eigenvalue weighted by Crippen LogP contribution is 2.34. The largest absolute Gasteiger partial charge is 0.497 e. The molecule has 2 aliphatic heterocycles. The monoisotopic (exact) mass is 409 g/mol. The Morgan fingerprint density at radius 1 is 1.25 bits per heavy atom. The van der Waals surface area contributed by atoms with Crippen LogP contribution in [-0.2, 0) is 4.79 Å². The van der Waals surface area contributed by atoms with Crippen LogP contribution in [0, 0.1) is 5.92 Å². The number of rotatable bonds is 4. The molecule has 28 heavy (non-hydrogen) atoms. The van der Waals surface area contributed by atoms with Crippen LogP contribution in [-0.4, -0.2) is 55.0 Å². The van der Waals surface area contributed by atoms with Crippen LogP contribution in [0.1, 0.15) is 32.1 Å². The number of thiazole rings is 1. The molecule has 0 unspecified atom stereocenters. The van der Waals surface area contributed by atoms with E-state index < -0.39 is 5.92 Å². The van der Waals surface area contributed by atoms with E-state index in [1.807, 2.05) is 18.2 Å². The van der Waals surface area contributed by atoms with Crippen molar-refractivity contribution in [1.82, 2.24) is 9.88 Å². The molecular formula is C20H25F2N3O2S. The fraction of sp³-hybridized carbons (Fsp3) is 0.600. The molecule has 2 aromatic rings. The predicted octanol–water partition coefficient (Wildman–Crippen LogP) is 4.17. The topological polar surface area (TPSA) is 45.7 Å². The second kappa shape index (κ2) is 7.81. The zero-order valence-electron chi connectivity index (χ0n) is 16.0. The van der Waals surface area contributed by atoms with Crippen molar-refractivity contribution in [2.24, 2.45) is 5.92 Å². The van der Waals surface area contributed by atoms with Crippen LogP contribution < -0.4 is 9.64 Å². The minimum absolute atomic E-state index is 0.0287. The molecular weight excluding hydrogens is 384 g/mol. The van der Waals surface area contributed by atoms with Crippen molar-refractivity contribution in [2.45, 2.75) is 38.0 Å². The first-order valence-corrected chi connectivity index (χ1v) is 10.6. The normalized spacial score (nSPS) is 20.5. The average molecular weight is 410 g/mol. The van der Waals surface area contributed by atoms with Gasteiger partial charge in [0.25, 0.3) is 5.92 Å². The minimum atomic E-state index is -2.61. The molecule has 0 aliphatic carbocycles. The van der Waals surface area contributed by atoms with Crippen molar-refractivity contribution in [3.63, 3.8) is 0 Å². The van der Waals surface area contributed by atoms with E-state index in [0.717, 1.165) is 47.0 Å². The lowest BCUT2D eigenvalue weighted by Gasteiger charge is -2.35. The summed E-state index contributed by atoms with van der Waals surface area (Å²) in [4.78, 5) is 21.1. The van der Waals surface area contributed by atoms with Gasteiger partial charge in [-0.1, -0.05) is 11.3 Å². The zero-order valence-corrected chi connectivity index (χ0v) is 16.8. The van der Waals surface area contributed by atoms with Crippen molar-refractivity contribution in [1.29, 1.82) is 0 Å². The minimum Gasteiger partial charge on any atom is -0.497 e. The molecule has 1 amide bonds. The first-order valence-electron chi connectivity index (χ1n) is 9.79. The number of ether oxygens (including phenoxy) is 1. The van der Waals surface area contributed by atoms with E-state index in [2.05, 4.69) is 4.90 Å². The molecule has 3 heterocycles. The quantitative estimate of drug-likeness (QED) is 0.760. The summed E-state index contributed by atoms with van der Waals surface area (Å²) in [5.41, 5.74) is 0.943. The number of amides is 1. The smallest absolute Gasteiger partial charge is 0.251 e. The first kappa shape index (κ1) is 19.4. The van der Waals surface area contributed by atoms with Crippen molar-refractivity contribution in [3.8, 4) is 5.75 Å². The van der Waals surface area contributed by atoms with Gasteiger partial charge >= 0.3 is 0 Å². The van der Waals surface area contributed by atoms with Gasteiger partial charge in [0.05, 0.1) is 17.3 Å². The molecule has 8 heteroatoms. The van der Waals surface area contributed by atoms with Crippen LogP contribution >= 0.6 is 11.3 Å². The number of likely N-dealkylation sites (tertiary alicyclic amines) is 1. The third-order valence-corrected chi connectivity index (χ3v) is 6.88. The Hall–Kier alpha value is -1.96. The molecule has 0 bridgehead atoms. The number of anilines is 1. The number of carbonyl (C=O) groups is 1. The highest BCUT2D eigenvalue weighted by molar-refractivity contribution is 7.22. The first-order chi connectivity index (χ1) is 13.4. The molecule has 0 radical (unpaired) electrons. The van der Waals surface area contributed by atoms with E-state index >= 15 is 0 Å². The fourth-order valence-electron chi connectivity index (χ4n) is 3.94. The summed E-state index contributed by atoms with van der Waals surface area (Å²) in [5.74, 6) is -1.46. The third kappa shape index (κ3) is 4.21. The number of alkyl halides is 2. The number of halogens is 2. The number of hydrogen-bond acceptors (Lipinski definition) is 5. The van der Waals surface area contributed by atoms with Gasteiger partial charge in [-0.2, -0.15) is 0 Å². The number of nitrogens with zero attached hydrogens (tertiary/aromatic N) is 3. The maximum atomic E-state index is 13.3. The van der Waals surface area contributed by atoms with Crippen LogP contribution in [0.2, 0.25) is 0 Å². The molecule has 2 aliphatic rings. The molecule has 2 saturated heterocycles. The molecule has 5 nitrogen and oxygen atoms in total. The Balaban J connectivity index is 1.30. The molecule has 0 spiro atoms. The lowest BCUT2D eigenvalue weighted by molar-refractivity contribution is -0.138. The SMILES string of the molecule is COc1ccc2sc(N3CCC(CC(=O)N4CCC(F)(F)CC4)CC3)nc2c1. The van der Waals surface area contributed by atoms with Gasteiger partial charge in [0.1, 0.15) is 5.75 Å². The Morgan fingerprint density at radius 3 is 2.64 bits per heavy atom. The van der Waals surface area contributed by atoms with Gasteiger partial charge in [0.2, 0.25) is 5.91 Å². The van der Waals surface area contributed by atoms with E-state index in [1.165, 1.54) is 0 Å². The number of piperidine rings is 2. The number of aromatic nitrogens is 1. The molecule has 0 saturated carbocycles. The maximum Gasteiger partial charge on any atom is 0.251 e. The lowest BCUT2D eigenvalue weighted by atomic mass is 9.92. The van der Waals surface area contributed by atoms with Gasteiger partial charge in [-0.05, 0) is 30.9 Å². The van der Waals surface area contributed by atoms with Crippen molar-refractivity contribution >= 4 is 32.6 Å². The maximum absolute atomic E-state index is 13.3. The molecule has 1 aromatic heterocycles. The van der Waals surface area contributed by atoms with Gasteiger partial charge in [-0.25, -0.2) is 13.8 Å². The number of benzene rings is 1. The average Bonchev–Trinajstić information content (AvgIpc) is 3.11. The predicted molar refractivity (Wildman–Crippen MR) is 106 cm³/mol. The van der Waals surface area contributed by atoms with E-state index in [0.29, 0.717) is 12.3 Å². The molecule has 1 aromatic carbocycles. The van der Waals surface area contributed by atoms with E-state index in [1.54, 1.807) is 23.3 Å². The second-order valence-electron chi connectivity index (χ2n) is 7.70. The highest BCUT2D eigenvalue weighted by Gasteiger charge is 2.36. The van der Waals surface area contributed by atoms with Crippen molar-refractivity contribution in [3.05, 3.63) is 18.2 Å². The van der Waals surface area contributed by atoms with E-state index in [9.17, 15) is 13.6 Å². The molecule has 4 rings (SSSR count). The van der Waals surface area contributed by atoms with Crippen LogP contribution in [0.25, 0.3) is 10.2 Å². The number of fused-ring (bicyclic) bond motifs is 1. The summed E-state index contributed by atoms with van der Waals surface area (Å²) >= 11 is 1.67. The summed E-state index contributed by atoms with van der Waals surface area (Å²) < 4.78 is 32.9. The summed E-state index contributed by atoms with van der Waals surface area (Å²) in [6, 6.07) is 5.92. The van der Waals surface area contributed by atoms with Crippen molar-refractivity contribution in [2.75, 3.05) is 38.2 Å². The lowest BCUT2D eigenvalue weighted by Crippen LogP contribution is -2.44. The van der Waals surface area contributed by atoms with Crippen LogP contribution in [0.15, 0.2) is 18.2 Å². The molecule has 152 valence electrons. The summed E-state index contributed by atoms with van der Waals surface area (Å²) in [6.45, 7) is 2.10. The number of hydrogen-bond donors (Lipinski definition) is 0.